The highest BCUT2D eigenvalue weighted by molar-refractivity contribution is 8.00. The molecule has 0 aromatic carbocycles. The summed E-state index contributed by atoms with van der Waals surface area (Å²) in [6.45, 7) is 3.61. The number of rotatable bonds is 4. The SMILES string of the molecule is C[C@@H](Sc1nnc(-c2cccs2)n1N)C(=O)N1CCCC1. The van der Waals surface area contributed by atoms with Crippen molar-refractivity contribution < 1.29 is 4.79 Å². The van der Waals surface area contributed by atoms with E-state index in [1.807, 2.05) is 29.3 Å². The number of hydrogen-bond donors (Lipinski definition) is 1. The molecule has 3 heterocycles. The Kier molecular flexibility index (Phi) is 4.16. The van der Waals surface area contributed by atoms with Crippen molar-refractivity contribution in [2.75, 3.05) is 18.9 Å². The normalized spacial score (nSPS) is 16.3. The minimum Gasteiger partial charge on any atom is -0.342 e. The van der Waals surface area contributed by atoms with Crippen LogP contribution < -0.4 is 5.84 Å². The van der Waals surface area contributed by atoms with Crippen molar-refractivity contribution in [3.63, 3.8) is 0 Å². The Morgan fingerprint density at radius 3 is 2.86 bits per heavy atom. The average molecular weight is 323 g/mol. The molecule has 1 atom stereocenters. The molecule has 6 nitrogen and oxygen atoms in total. The zero-order chi connectivity index (χ0) is 14.8. The van der Waals surface area contributed by atoms with E-state index in [2.05, 4.69) is 10.2 Å². The smallest absolute Gasteiger partial charge is 0.235 e. The molecule has 1 amide bonds. The van der Waals surface area contributed by atoms with Gasteiger partial charge in [-0.3, -0.25) is 4.79 Å². The van der Waals surface area contributed by atoms with Gasteiger partial charge in [0.25, 0.3) is 0 Å². The first kappa shape index (κ1) is 14.4. The van der Waals surface area contributed by atoms with Gasteiger partial charge in [0, 0.05) is 13.1 Å². The van der Waals surface area contributed by atoms with Gasteiger partial charge in [-0.05, 0) is 31.2 Å². The van der Waals surface area contributed by atoms with Crippen LogP contribution in [0.4, 0.5) is 0 Å². The number of thioether (sulfide) groups is 1. The Balaban J connectivity index is 1.71. The van der Waals surface area contributed by atoms with Gasteiger partial charge in [0.1, 0.15) is 0 Å². The Morgan fingerprint density at radius 2 is 2.19 bits per heavy atom. The van der Waals surface area contributed by atoms with Gasteiger partial charge in [-0.25, -0.2) is 4.68 Å². The minimum absolute atomic E-state index is 0.151. The van der Waals surface area contributed by atoms with E-state index in [4.69, 9.17) is 5.84 Å². The lowest BCUT2D eigenvalue weighted by Gasteiger charge is -2.19. The first-order valence-electron chi connectivity index (χ1n) is 6.86. The molecule has 2 aromatic heterocycles. The first-order chi connectivity index (χ1) is 10.2. The van der Waals surface area contributed by atoms with Gasteiger partial charge >= 0.3 is 0 Å². The number of carbonyl (C=O) groups excluding carboxylic acids is 1. The van der Waals surface area contributed by atoms with Gasteiger partial charge in [0.05, 0.1) is 10.1 Å². The standard InChI is InChI=1S/C13H17N5OS2/c1-9(12(19)17-6-2-3-7-17)21-13-16-15-11(18(13)14)10-5-4-8-20-10/h4-5,8-9H,2-3,6-7,14H2,1H3/t9-/m1/s1. The lowest BCUT2D eigenvalue weighted by atomic mass is 10.4. The number of thiophene rings is 1. The zero-order valence-corrected chi connectivity index (χ0v) is 13.4. The summed E-state index contributed by atoms with van der Waals surface area (Å²) in [6, 6.07) is 3.90. The fourth-order valence-corrected chi connectivity index (χ4v) is 3.89. The van der Waals surface area contributed by atoms with Crippen LogP contribution in [0.1, 0.15) is 19.8 Å². The van der Waals surface area contributed by atoms with Crippen molar-refractivity contribution in [2.24, 2.45) is 0 Å². The third kappa shape index (κ3) is 2.91. The molecule has 1 aliphatic heterocycles. The van der Waals surface area contributed by atoms with Crippen molar-refractivity contribution in [1.82, 2.24) is 19.8 Å². The van der Waals surface area contributed by atoms with E-state index in [0.29, 0.717) is 11.0 Å². The number of nitrogen functional groups attached to an aromatic ring is 1. The highest BCUT2D eigenvalue weighted by atomic mass is 32.2. The van der Waals surface area contributed by atoms with E-state index >= 15 is 0 Å². The molecule has 1 fully saturated rings. The summed E-state index contributed by atoms with van der Waals surface area (Å²) in [7, 11) is 0. The minimum atomic E-state index is -0.203. The summed E-state index contributed by atoms with van der Waals surface area (Å²) >= 11 is 2.92. The molecule has 112 valence electrons. The van der Waals surface area contributed by atoms with Gasteiger partial charge in [0.2, 0.25) is 11.1 Å². The molecule has 0 unspecified atom stereocenters. The number of carbonyl (C=O) groups is 1. The van der Waals surface area contributed by atoms with Gasteiger partial charge in [-0.1, -0.05) is 17.8 Å². The summed E-state index contributed by atoms with van der Waals surface area (Å²) in [5.74, 6) is 6.83. The van der Waals surface area contributed by atoms with Gasteiger partial charge in [-0.15, -0.1) is 21.5 Å². The Bertz CT molecular complexity index is 619. The monoisotopic (exact) mass is 323 g/mol. The molecule has 21 heavy (non-hydrogen) atoms. The van der Waals surface area contributed by atoms with Crippen molar-refractivity contribution in [3.05, 3.63) is 17.5 Å². The molecular weight excluding hydrogens is 306 g/mol. The van der Waals surface area contributed by atoms with Gasteiger partial charge in [0.15, 0.2) is 5.82 Å². The molecule has 0 spiro atoms. The maximum atomic E-state index is 12.3. The summed E-state index contributed by atoms with van der Waals surface area (Å²) in [6.07, 6.45) is 2.19. The first-order valence-corrected chi connectivity index (χ1v) is 8.62. The predicted octanol–water partition coefficient (Wildman–Crippen LogP) is 1.82. The van der Waals surface area contributed by atoms with Crippen LogP contribution in [-0.2, 0) is 4.79 Å². The topological polar surface area (TPSA) is 77.0 Å². The molecule has 0 bridgehead atoms. The number of aromatic nitrogens is 3. The number of amides is 1. The number of nitrogens with zero attached hydrogens (tertiary/aromatic N) is 4. The van der Waals surface area contributed by atoms with Crippen molar-refractivity contribution >= 4 is 29.0 Å². The Labute approximate surface area is 131 Å². The molecule has 1 saturated heterocycles. The summed E-state index contributed by atoms with van der Waals surface area (Å²) in [4.78, 5) is 15.2. The largest absolute Gasteiger partial charge is 0.342 e. The second-order valence-corrected chi connectivity index (χ2v) is 7.20. The molecule has 0 saturated carbocycles. The zero-order valence-electron chi connectivity index (χ0n) is 11.7. The van der Waals surface area contributed by atoms with E-state index in [-0.39, 0.29) is 11.2 Å². The average Bonchev–Trinajstić information content (AvgIpc) is 3.20. The van der Waals surface area contributed by atoms with Crippen LogP contribution in [0.15, 0.2) is 22.7 Å². The van der Waals surface area contributed by atoms with Crippen LogP contribution >= 0.6 is 23.1 Å². The highest BCUT2D eigenvalue weighted by Crippen LogP contribution is 2.28. The Morgan fingerprint density at radius 1 is 1.43 bits per heavy atom. The van der Waals surface area contributed by atoms with Crippen LogP contribution in [0.2, 0.25) is 0 Å². The van der Waals surface area contributed by atoms with E-state index in [1.54, 1.807) is 11.3 Å². The molecule has 0 radical (unpaired) electrons. The predicted molar refractivity (Wildman–Crippen MR) is 84.6 cm³/mol. The van der Waals surface area contributed by atoms with Crippen LogP contribution in [0.5, 0.6) is 0 Å². The van der Waals surface area contributed by atoms with Crippen molar-refractivity contribution in [3.8, 4) is 10.7 Å². The van der Waals surface area contributed by atoms with E-state index < -0.39 is 0 Å². The lowest BCUT2D eigenvalue weighted by Crippen LogP contribution is -2.34. The van der Waals surface area contributed by atoms with Gasteiger partial charge in [-0.2, -0.15) is 0 Å². The van der Waals surface area contributed by atoms with Crippen LogP contribution in [0.3, 0.4) is 0 Å². The maximum Gasteiger partial charge on any atom is 0.235 e. The lowest BCUT2D eigenvalue weighted by molar-refractivity contribution is -0.129. The van der Waals surface area contributed by atoms with Crippen LogP contribution in [0.25, 0.3) is 10.7 Å². The second-order valence-electron chi connectivity index (χ2n) is 4.95. The van der Waals surface area contributed by atoms with Crippen LogP contribution in [0, 0.1) is 0 Å². The number of nitrogens with two attached hydrogens (primary N) is 1. The molecule has 1 aliphatic rings. The number of likely N-dealkylation sites (tertiary alicyclic amines) is 1. The molecule has 3 rings (SSSR count). The highest BCUT2D eigenvalue weighted by Gasteiger charge is 2.26. The fourth-order valence-electron chi connectivity index (χ4n) is 2.33. The van der Waals surface area contributed by atoms with E-state index in [9.17, 15) is 4.79 Å². The summed E-state index contributed by atoms with van der Waals surface area (Å²) < 4.78 is 1.46. The third-order valence-corrected chi connectivity index (χ3v) is 5.36. The van der Waals surface area contributed by atoms with Crippen molar-refractivity contribution in [2.45, 2.75) is 30.2 Å². The second kappa shape index (κ2) is 6.07. The Hall–Kier alpha value is -1.54. The fraction of sp³-hybridized carbons (Fsp3) is 0.462. The molecule has 2 aromatic rings. The van der Waals surface area contributed by atoms with Crippen LogP contribution in [-0.4, -0.2) is 44.0 Å². The molecule has 2 N–H and O–H groups in total. The summed E-state index contributed by atoms with van der Waals surface area (Å²) in [5.41, 5.74) is 0. The van der Waals surface area contributed by atoms with Gasteiger partial charge < -0.3 is 10.7 Å². The van der Waals surface area contributed by atoms with E-state index in [0.717, 1.165) is 30.8 Å². The van der Waals surface area contributed by atoms with Crippen molar-refractivity contribution in [1.29, 1.82) is 0 Å². The third-order valence-electron chi connectivity index (χ3n) is 3.45. The molecule has 8 heteroatoms. The maximum absolute atomic E-state index is 12.3. The quantitative estimate of drug-likeness (QED) is 0.686. The molecular formula is C13H17N5OS2. The summed E-state index contributed by atoms with van der Waals surface area (Å²) in [5, 5.41) is 10.6. The van der Waals surface area contributed by atoms with E-state index in [1.165, 1.54) is 16.4 Å². The number of hydrogen-bond acceptors (Lipinski definition) is 6. The molecule has 0 aliphatic carbocycles.